The summed E-state index contributed by atoms with van der Waals surface area (Å²) in [5, 5.41) is 0.593. The van der Waals surface area contributed by atoms with Crippen LogP contribution < -0.4 is 0 Å². The Labute approximate surface area is 101 Å². The van der Waals surface area contributed by atoms with Crippen molar-refractivity contribution in [1.82, 2.24) is 0 Å². The van der Waals surface area contributed by atoms with E-state index in [1.165, 1.54) is 0 Å². The Hall–Kier alpha value is -1.46. The summed E-state index contributed by atoms with van der Waals surface area (Å²) >= 11 is 5.88. The second kappa shape index (κ2) is 5.05. The average molecular weight is 237 g/mol. The molecule has 0 aliphatic rings. The van der Waals surface area contributed by atoms with Crippen LogP contribution in [0.1, 0.15) is 19.4 Å². The highest BCUT2D eigenvalue weighted by Crippen LogP contribution is 2.26. The minimum atomic E-state index is -0.748. The fourth-order valence-electron chi connectivity index (χ4n) is 1.28. The third-order valence-corrected chi connectivity index (χ3v) is 2.58. The van der Waals surface area contributed by atoms with Crippen LogP contribution in [0.3, 0.4) is 0 Å². The van der Waals surface area contributed by atoms with Crippen LogP contribution >= 0.6 is 11.6 Å². The second-order valence-electron chi connectivity index (χ2n) is 3.92. The van der Waals surface area contributed by atoms with Crippen LogP contribution in [0.4, 0.5) is 0 Å². The summed E-state index contributed by atoms with van der Waals surface area (Å²) in [5.74, 6) is 1.91. The van der Waals surface area contributed by atoms with Crippen molar-refractivity contribution < 1.29 is 9.53 Å². The largest absolute Gasteiger partial charge is 0.452 e. The van der Waals surface area contributed by atoms with Crippen LogP contribution in [0.25, 0.3) is 0 Å². The van der Waals surface area contributed by atoms with Gasteiger partial charge in [0.2, 0.25) is 0 Å². The molecule has 0 heterocycles. The summed E-state index contributed by atoms with van der Waals surface area (Å²) in [7, 11) is 0. The Morgan fingerprint density at radius 2 is 2.25 bits per heavy atom. The van der Waals surface area contributed by atoms with Crippen molar-refractivity contribution in [2.24, 2.45) is 0 Å². The summed E-state index contributed by atoms with van der Waals surface area (Å²) < 4.78 is 4.93. The number of benzene rings is 1. The van der Waals surface area contributed by atoms with Gasteiger partial charge in [-0.25, -0.2) is 0 Å². The maximum Gasteiger partial charge on any atom is 0.316 e. The lowest BCUT2D eigenvalue weighted by Gasteiger charge is -2.22. The van der Waals surface area contributed by atoms with Crippen LogP contribution in [0.2, 0.25) is 5.02 Å². The lowest BCUT2D eigenvalue weighted by Crippen LogP contribution is -2.31. The van der Waals surface area contributed by atoms with Crippen molar-refractivity contribution in [1.29, 1.82) is 0 Å². The molecule has 0 N–H and O–H groups in total. The zero-order chi connectivity index (χ0) is 12.2. The van der Waals surface area contributed by atoms with Gasteiger partial charge in [-0.15, -0.1) is 6.42 Å². The first-order valence-corrected chi connectivity index (χ1v) is 5.23. The standard InChI is InChI=1S/C13H13ClO2/c1-4-8-16-12(15)13(2,3)10-6-5-7-11(14)9-10/h1,5-7,9H,8H2,2-3H3. The molecular weight excluding hydrogens is 224 g/mol. The van der Waals surface area contributed by atoms with E-state index in [1.54, 1.807) is 32.0 Å². The first-order valence-electron chi connectivity index (χ1n) is 4.85. The van der Waals surface area contributed by atoms with Gasteiger partial charge in [0.15, 0.2) is 6.61 Å². The van der Waals surface area contributed by atoms with E-state index in [2.05, 4.69) is 5.92 Å². The molecule has 0 amide bonds. The van der Waals surface area contributed by atoms with E-state index in [0.29, 0.717) is 5.02 Å². The number of carbonyl (C=O) groups is 1. The van der Waals surface area contributed by atoms with Crippen LogP contribution in [0, 0.1) is 12.3 Å². The van der Waals surface area contributed by atoms with E-state index < -0.39 is 5.41 Å². The molecule has 1 aromatic carbocycles. The number of ether oxygens (including phenoxy) is 1. The fourth-order valence-corrected chi connectivity index (χ4v) is 1.47. The number of rotatable bonds is 3. The Morgan fingerprint density at radius 3 is 2.81 bits per heavy atom. The lowest BCUT2D eigenvalue weighted by atomic mass is 9.85. The Balaban J connectivity index is 2.93. The van der Waals surface area contributed by atoms with Gasteiger partial charge in [0.1, 0.15) is 0 Å². The highest BCUT2D eigenvalue weighted by molar-refractivity contribution is 6.30. The molecule has 0 aromatic heterocycles. The van der Waals surface area contributed by atoms with Crippen LogP contribution in [-0.4, -0.2) is 12.6 Å². The molecule has 3 heteroatoms. The molecule has 0 aliphatic heterocycles. The number of esters is 1. The van der Waals surface area contributed by atoms with Gasteiger partial charge in [-0.1, -0.05) is 29.7 Å². The molecule has 1 aromatic rings. The molecule has 0 radical (unpaired) electrons. The summed E-state index contributed by atoms with van der Waals surface area (Å²) in [5.41, 5.74) is 0.0592. The molecule has 0 bridgehead atoms. The molecule has 0 atom stereocenters. The van der Waals surface area contributed by atoms with Crippen LogP contribution in [-0.2, 0) is 14.9 Å². The SMILES string of the molecule is C#CCOC(=O)C(C)(C)c1cccc(Cl)c1. The molecule has 0 fully saturated rings. The number of terminal acetylenes is 1. The highest BCUT2D eigenvalue weighted by Gasteiger charge is 2.31. The van der Waals surface area contributed by atoms with Gasteiger partial charge in [-0.05, 0) is 31.5 Å². The Bertz CT molecular complexity index is 430. The van der Waals surface area contributed by atoms with Gasteiger partial charge >= 0.3 is 5.97 Å². The molecule has 0 saturated carbocycles. The third kappa shape index (κ3) is 2.77. The van der Waals surface area contributed by atoms with Crippen LogP contribution in [0.5, 0.6) is 0 Å². The third-order valence-electron chi connectivity index (χ3n) is 2.34. The normalized spacial score (nSPS) is 10.6. The van der Waals surface area contributed by atoms with Crippen molar-refractivity contribution in [3.63, 3.8) is 0 Å². The van der Waals surface area contributed by atoms with E-state index in [1.807, 2.05) is 6.07 Å². The van der Waals surface area contributed by atoms with Crippen molar-refractivity contribution in [2.75, 3.05) is 6.61 Å². The molecule has 0 spiro atoms. The zero-order valence-corrected chi connectivity index (χ0v) is 10.0. The molecule has 0 unspecified atom stereocenters. The van der Waals surface area contributed by atoms with Crippen molar-refractivity contribution in [3.05, 3.63) is 34.9 Å². The monoisotopic (exact) mass is 236 g/mol. The molecule has 16 heavy (non-hydrogen) atoms. The topological polar surface area (TPSA) is 26.3 Å². The molecular formula is C13H13ClO2. The minimum absolute atomic E-state index is 0.0111. The zero-order valence-electron chi connectivity index (χ0n) is 9.29. The van der Waals surface area contributed by atoms with Crippen molar-refractivity contribution in [2.45, 2.75) is 19.3 Å². The fraction of sp³-hybridized carbons (Fsp3) is 0.308. The van der Waals surface area contributed by atoms with Gasteiger partial charge in [-0.2, -0.15) is 0 Å². The molecule has 1 rings (SSSR count). The van der Waals surface area contributed by atoms with Crippen molar-refractivity contribution >= 4 is 17.6 Å². The highest BCUT2D eigenvalue weighted by atomic mass is 35.5. The number of carbonyl (C=O) groups excluding carboxylic acids is 1. The van der Waals surface area contributed by atoms with Gasteiger partial charge < -0.3 is 4.74 Å². The Kier molecular flexibility index (Phi) is 3.98. The summed E-state index contributed by atoms with van der Waals surface area (Å²) in [6, 6.07) is 7.14. The Morgan fingerprint density at radius 1 is 1.56 bits per heavy atom. The van der Waals surface area contributed by atoms with Gasteiger partial charge in [0.25, 0.3) is 0 Å². The second-order valence-corrected chi connectivity index (χ2v) is 4.35. The predicted octanol–water partition coefficient (Wildman–Crippen LogP) is 2.79. The number of hydrogen-bond acceptors (Lipinski definition) is 2. The van der Waals surface area contributed by atoms with E-state index in [4.69, 9.17) is 22.8 Å². The first-order chi connectivity index (χ1) is 7.48. The predicted molar refractivity (Wildman–Crippen MR) is 64.3 cm³/mol. The number of halogens is 1. The van der Waals surface area contributed by atoms with Crippen molar-refractivity contribution in [3.8, 4) is 12.3 Å². The van der Waals surface area contributed by atoms with Gasteiger partial charge in [-0.3, -0.25) is 4.79 Å². The van der Waals surface area contributed by atoms with E-state index in [-0.39, 0.29) is 12.6 Å². The average Bonchev–Trinajstić information content (AvgIpc) is 2.25. The quantitative estimate of drug-likeness (QED) is 0.596. The summed E-state index contributed by atoms with van der Waals surface area (Å²) in [6.45, 7) is 3.54. The molecule has 0 aliphatic carbocycles. The molecule has 84 valence electrons. The maximum atomic E-state index is 11.8. The first kappa shape index (κ1) is 12.6. The van der Waals surface area contributed by atoms with Gasteiger partial charge in [0, 0.05) is 5.02 Å². The molecule has 2 nitrogen and oxygen atoms in total. The summed E-state index contributed by atoms with van der Waals surface area (Å²) in [6.07, 6.45) is 5.03. The minimum Gasteiger partial charge on any atom is -0.452 e. The smallest absolute Gasteiger partial charge is 0.316 e. The number of hydrogen-bond donors (Lipinski definition) is 0. The van der Waals surface area contributed by atoms with E-state index in [9.17, 15) is 4.79 Å². The van der Waals surface area contributed by atoms with E-state index in [0.717, 1.165) is 5.56 Å². The summed E-state index contributed by atoms with van der Waals surface area (Å²) in [4.78, 5) is 11.8. The lowest BCUT2D eigenvalue weighted by molar-refractivity contribution is -0.147. The maximum absolute atomic E-state index is 11.8. The van der Waals surface area contributed by atoms with E-state index >= 15 is 0 Å². The molecule has 0 saturated heterocycles. The van der Waals surface area contributed by atoms with Crippen LogP contribution in [0.15, 0.2) is 24.3 Å². The van der Waals surface area contributed by atoms with Gasteiger partial charge in [0.05, 0.1) is 5.41 Å².